The zero-order chi connectivity index (χ0) is 23.5. The highest BCUT2D eigenvalue weighted by Crippen LogP contribution is 2.33. The average Bonchev–Trinajstić information content (AvgIpc) is 3.40. The number of fused-ring (bicyclic) bond motifs is 1. The van der Waals surface area contributed by atoms with Gasteiger partial charge in [0.05, 0.1) is 12.5 Å². The lowest BCUT2D eigenvalue weighted by Gasteiger charge is -2.15. The number of likely N-dealkylation sites (tertiary alicyclic amines) is 1. The van der Waals surface area contributed by atoms with Crippen molar-refractivity contribution in [1.82, 2.24) is 29.5 Å². The number of benzene rings is 1. The minimum atomic E-state index is 0.0590. The van der Waals surface area contributed by atoms with Crippen LogP contribution in [-0.4, -0.2) is 76.3 Å². The SMILES string of the molecule is COc1cc(-c2nn(CC3CCN(C(=O)C=CCN(C)C)C3)c3ncnc(N)c23)ccc1C. The maximum atomic E-state index is 12.5. The Morgan fingerprint density at radius 3 is 2.91 bits per heavy atom. The quantitative estimate of drug-likeness (QED) is 0.553. The van der Waals surface area contributed by atoms with Gasteiger partial charge in [0.1, 0.15) is 23.6 Å². The van der Waals surface area contributed by atoms with E-state index < -0.39 is 0 Å². The Balaban J connectivity index is 1.58. The molecule has 2 aromatic heterocycles. The van der Waals surface area contributed by atoms with Crippen LogP contribution in [0.4, 0.5) is 5.82 Å². The summed E-state index contributed by atoms with van der Waals surface area (Å²) in [7, 11) is 5.61. The summed E-state index contributed by atoms with van der Waals surface area (Å²) in [4.78, 5) is 25.1. The number of ether oxygens (including phenoxy) is 1. The Labute approximate surface area is 193 Å². The Kier molecular flexibility index (Phi) is 6.60. The second kappa shape index (κ2) is 9.58. The first-order valence-corrected chi connectivity index (χ1v) is 11.1. The molecule has 3 aromatic rings. The second-order valence-electron chi connectivity index (χ2n) is 8.78. The maximum absolute atomic E-state index is 12.5. The van der Waals surface area contributed by atoms with Crippen molar-refractivity contribution in [2.24, 2.45) is 5.92 Å². The summed E-state index contributed by atoms with van der Waals surface area (Å²) >= 11 is 0. The van der Waals surface area contributed by atoms with E-state index in [1.54, 1.807) is 13.2 Å². The maximum Gasteiger partial charge on any atom is 0.246 e. The van der Waals surface area contributed by atoms with Crippen LogP contribution in [0.15, 0.2) is 36.7 Å². The number of carbonyl (C=O) groups is 1. The number of nitrogens with two attached hydrogens (primary N) is 1. The van der Waals surface area contributed by atoms with Crippen molar-refractivity contribution in [3.8, 4) is 17.0 Å². The first-order chi connectivity index (χ1) is 15.9. The lowest BCUT2D eigenvalue weighted by atomic mass is 10.1. The molecule has 4 rings (SSSR count). The van der Waals surface area contributed by atoms with Crippen LogP contribution in [0, 0.1) is 12.8 Å². The van der Waals surface area contributed by atoms with E-state index in [1.807, 2.05) is 59.8 Å². The predicted molar refractivity (Wildman–Crippen MR) is 129 cm³/mol. The van der Waals surface area contributed by atoms with E-state index in [9.17, 15) is 4.79 Å². The number of amides is 1. The van der Waals surface area contributed by atoms with E-state index in [4.69, 9.17) is 15.6 Å². The molecule has 0 aliphatic carbocycles. The molecule has 3 heterocycles. The molecule has 0 radical (unpaired) electrons. The fourth-order valence-corrected chi connectivity index (χ4v) is 4.22. The Morgan fingerprint density at radius 2 is 2.15 bits per heavy atom. The topological polar surface area (TPSA) is 102 Å². The molecule has 1 aromatic carbocycles. The highest BCUT2D eigenvalue weighted by atomic mass is 16.5. The van der Waals surface area contributed by atoms with Gasteiger partial charge in [-0.3, -0.25) is 4.79 Å². The summed E-state index contributed by atoms with van der Waals surface area (Å²) in [6.45, 7) is 4.84. The fourth-order valence-electron chi connectivity index (χ4n) is 4.22. The summed E-state index contributed by atoms with van der Waals surface area (Å²) in [6, 6.07) is 5.97. The molecule has 1 saturated heterocycles. The number of methoxy groups -OCH3 is 1. The van der Waals surface area contributed by atoms with Gasteiger partial charge < -0.3 is 20.3 Å². The molecule has 1 fully saturated rings. The van der Waals surface area contributed by atoms with Crippen LogP contribution < -0.4 is 10.5 Å². The molecule has 0 bridgehead atoms. The summed E-state index contributed by atoms with van der Waals surface area (Å²) in [5, 5.41) is 5.62. The van der Waals surface area contributed by atoms with Gasteiger partial charge in [-0.05, 0) is 45.0 Å². The van der Waals surface area contributed by atoms with Crippen LogP contribution in [0.2, 0.25) is 0 Å². The number of rotatable bonds is 7. The number of nitrogen functional groups attached to an aromatic ring is 1. The number of anilines is 1. The van der Waals surface area contributed by atoms with Gasteiger partial charge in [-0.1, -0.05) is 18.2 Å². The van der Waals surface area contributed by atoms with E-state index >= 15 is 0 Å². The van der Waals surface area contributed by atoms with Gasteiger partial charge in [-0.2, -0.15) is 5.10 Å². The zero-order valence-electron chi connectivity index (χ0n) is 19.7. The molecular weight excluding hydrogens is 418 g/mol. The van der Waals surface area contributed by atoms with Crippen molar-refractivity contribution in [2.45, 2.75) is 19.9 Å². The van der Waals surface area contributed by atoms with Crippen molar-refractivity contribution in [2.75, 3.05) is 46.6 Å². The van der Waals surface area contributed by atoms with Crippen LogP contribution >= 0.6 is 0 Å². The molecule has 1 aliphatic heterocycles. The third-order valence-electron chi connectivity index (χ3n) is 6.00. The molecule has 1 unspecified atom stereocenters. The Hall–Kier alpha value is -3.46. The van der Waals surface area contributed by atoms with Crippen molar-refractivity contribution in [1.29, 1.82) is 0 Å². The number of carbonyl (C=O) groups excluding carboxylic acids is 1. The Morgan fingerprint density at radius 1 is 1.33 bits per heavy atom. The third-order valence-corrected chi connectivity index (χ3v) is 6.00. The van der Waals surface area contributed by atoms with Crippen molar-refractivity contribution < 1.29 is 9.53 Å². The summed E-state index contributed by atoms with van der Waals surface area (Å²) < 4.78 is 7.39. The highest BCUT2D eigenvalue weighted by Gasteiger charge is 2.27. The molecular formula is C24H31N7O2. The summed E-state index contributed by atoms with van der Waals surface area (Å²) in [5.41, 5.74) is 9.63. The molecule has 0 spiro atoms. The van der Waals surface area contributed by atoms with E-state index in [1.165, 1.54) is 6.33 Å². The van der Waals surface area contributed by atoms with Crippen LogP contribution in [0.5, 0.6) is 5.75 Å². The number of hydrogen-bond acceptors (Lipinski definition) is 7. The van der Waals surface area contributed by atoms with Crippen LogP contribution in [0.1, 0.15) is 12.0 Å². The molecule has 1 aliphatic rings. The van der Waals surface area contributed by atoms with Crippen LogP contribution in [0.25, 0.3) is 22.3 Å². The van der Waals surface area contributed by atoms with Gasteiger partial charge in [0, 0.05) is 37.8 Å². The highest BCUT2D eigenvalue weighted by molar-refractivity contribution is 5.98. The molecule has 174 valence electrons. The molecule has 1 atom stereocenters. The second-order valence-corrected chi connectivity index (χ2v) is 8.78. The van der Waals surface area contributed by atoms with Crippen LogP contribution in [-0.2, 0) is 11.3 Å². The van der Waals surface area contributed by atoms with Crippen molar-refractivity contribution in [3.63, 3.8) is 0 Å². The lowest BCUT2D eigenvalue weighted by molar-refractivity contribution is -0.125. The Bertz CT molecular complexity index is 1190. The largest absolute Gasteiger partial charge is 0.496 e. The van der Waals surface area contributed by atoms with Gasteiger partial charge in [-0.15, -0.1) is 0 Å². The first kappa shape index (κ1) is 22.7. The van der Waals surface area contributed by atoms with Crippen LogP contribution in [0.3, 0.4) is 0 Å². The third kappa shape index (κ3) is 4.83. The predicted octanol–water partition coefficient (Wildman–Crippen LogP) is 2.36. The average molecular weight is 450 g/mol. The number of aromatic nitrogens is 4. The first-order valence-electron chi connectivity index (χ1n) is 11.1. The number of aryl methyl sites for hydroxylation is 1. The number of likely N-dealkylation sites (N-methyl/N-ethyl adjacent to an activating group) is 1. The number of hydrogen-bond donors (Lipinski definition) is 1. The monoisotopic (exact) mass is 449 g/mol. The van der Waals surface area contributed by atoms with Gasteiger partial charge in [0.2, 0.25) is 5.91 Å². The molecule has 0 saturated carbocycles. The van der Waals surface area contributed by atoms with E-state index in [0.29, 0.717) is 24.6 Å². The number of nitrogens with zero attached hydrogens (tertiary/aromatic N) is 6. The van der Waals surface area contributed by atoms with Gasteiger partial charge >= 0.3 is 0 Å². The van der Waals surface area contributed by atoms with E-state index in [-0.39, 0.29) is 11.8 Å². The van der Waals surface area contributed by atoms with E-state index in [0.717, 1.165) is 47.5 Å². The molecule has 1 amide bonds. The van der Waals surface area contributed by atoms with Gasteiger partial charge in [0.15, 0.2) is 5.65 Å². The smallest absolute Gasteiger partial charge is 0.246 e. The fraction of sp³-hybridized carbons (Fsp3) is 0.417. The van der Waals surface area contributed by atoms with E-state index in [2.05, 4.69) is 9.97 Å². The molecule has 2 N–H and O–H groups in total. The minimum Gasteiger partial charge on any atom is -0.496 e. The van der Waals surface area contributed by atoms with Crippen molar-refractivity contribution in [3.05, 3.63) is 42.2 Å². The minimum absolute atomic E-state index is 0.0590. The standard InChI is InChI=1S/C24H31N7O2/c1-16-7-8-18(12-19(16)33-4)22-21-23(25)26-15-27-24(21)31(28-22)14-17-9-11-30(13-17)20(32)6-5-10-29(2)3/h5-8,12,15,17H,9-11,13-14H2,1-4H3,(H2,25,26,27). The summed E-state index contributed by atoms with van der Waals surface area (Å²) in [5.74, 6) is 1.53. The normalized spacial score (nSPS) is 16.4. The van der Waals surface area contributed by atoms with Gasteiger partial charge in [0.25, 0.3) is 0 Å². The summed E-state index contributed by atoms with van der Waals surface area (Å²) in [6.07, 6.45) is 5.96. The molecule has 9 nitrogen and oxygen atoms in total. The lowest BCUT2D eigenvalue weighted by Crippen LogP contribution is -2.28. The zero-order valence-corrected chi connectivity index (χ0v) is 19.7. The molecule has 9 heteroatoms. The van der Waals surface area contributed by atoms with Gasteiger partial charge in [-0.25, -0.2) is 14.6 Å². The van der Waals surface area contributed by atoms with Crippen molar-refractivity contribution >= 4 is 22.8 Å². The molecule has 33 heavy (non-hydrogen) atoms.